The summed E-state index contributed by atoms with van der Waals surface area (Å²) in [6.07, 6.45) is -0.530. The molecule has 142 valence electrons. The van der Waals surface area contributed by atoms with Crippen molar-refractivity contribution in [2.75, 3.05) is 0 Å². The number of carbonyl (C=O) groups excluding carboxylic acids is 1. The van der Waals surface area contributed by atoms with Crippen molar-refractivity contribution in [1.82, 2.24) is 4.57 Å². The van der Waals surface area contributed by atoms with Crippen LogP contribution >= 0.6 is 0 Å². The van der Waals surface area contributed by atoms with Crippen molar-refractivity contribution in [1.29, 1.82) is 5.26 Å². The molecule has 0 spiro atoms. The Bertz CT molecular complexity index is 931. The Morgan fingerprint density at radius 1 is 1.15 bits per heavy atom. The molecule has 1 aromatic carbocycles. The Morgan fingerprint density at radius 3 is 2.26 bits per heavy atom. The Balaban J connectivity index is 2.17. The van der Waals surface area contributed by atoms with E-state index in [1.165, 1.54) is 4.57 Å². The van der Waals surface area contributed by atoms with E-state index in [0.717, 1.165) is 5.39 Å². The number of hydrogen-bond donors (Lipinski definition) is 0. The lowest BCUT2D eigenvalue weighted by Gasteiger charge is -2.32. The number of ether oxygens (including phenoxy) is 1. The zero-order valence-electron chi connectivity index (χ0n) is 16.9. The van der Waals surface area contributed by atoms with Gasteiger partial charge in [-0.1, -0.05) is 6.07 Å². The average molecular weight is 368 g/mol. The Labute approximate surface area is 160 Å². The monoisotopic (exact) mass is 368 g/mol. The van der Waals surface area contributed by atoms with E-state index in [2.05, 4.69) is 6.07 Å². The zero-order valence-corrected chi connectivity index (χ0v) is 16.9. The molecule has 0 atom stereocenters. The molecule has 2 aromatic rings. The lowest BCUT2D eigenvalue weighted by molar-refractivity contribution is 0.00578. The largest absolute Gasteiger partial charge is 0.513 e. The van der Waals surface area contributed by atoms with Crippen LogP contribution in [0, 0.1) is 11.3 Å². The first-order valence-corrected chi connectivity index (χ1v) is 8.99. The molecule has 0 unspecified atom stereocenters. The normalized spacial score (nSPS) is 18.5. The summed E-state index contributed by atoms with van der Waals surface area (Å²) in [7, 11) is -0.722. The number of nitrogens with zero attached hydrogens (tertiary/aromatic N) is 2. The van der Waals surface area contributed by atoms with Gasteiger partial charge in [-0.2, -0.15) is 5.26 Å². The van der Waals surface area contributed by atoms with Crippen LogP contribution in [0.4, 0.5) is 4.79 Å². The van der Waals surface area contributed by atoms with E-state index in [9.17, 15) is 10.1 Å². The number of rotatable bonds is 1. The highest BCUT2D eigenvalue weighted by molar-refractivity contribution is 6.62. The molecule has 3 rings (SSSR count). The first kappa shape index (κ1) is 19.5. The van der Waals surface area contributed by atoms with Crippen molar-refractivity contribution in [3.05, 3.63) is 29.8 Å². The molecule has 1 aliphatic heterocycles. The van der Waals surface area contributed by atoms with Gasteiger partial charge in [-0.05, 0) is 72.1 Å². The smallest absolute Gasteiger partial charge is 0.443 e. The SMILES string of the molecule is CC(C)(C)OC(=O)n1c(B2OC(C)(C)C(C)(C)O2)cc2ccc(C#N)cc21. The van der Waals surface area contributed by atoms with E-state index in [4.69, 9.17) is 14.0 Å². The van der Waals surface area contributed by atoms with Crippen LogP contribution in [0.3, 0.4) is 0 Å². The van der Waals surface area contributed by atoms with Crippen molar-refractivity contribution >= 4 is 29.7 Å². The van der Waals surface area contributed by atoms with E-state index >= 15 is 0 Å². The number of aromatic nitrogens is 1. The molecule has 1 aromatic heterocycles. The predicted molar refractivity (Wildman–Crippen MR) is 104 cm³/mol. The van der Waals surface area contributed by atoms with Crippen LogP contribution in [0.15, 0.2) is 24.3 Å². The number of nitriles is 1. The van der Waals surface area contributed by atoms with E-state index in [-0.39, 0.29) is 0 Å². The van der Waals surface area contributed by atoms with E-state index in [1.807, 2.05) is 60.6 Å². The van der Waals surface area contributed by atoms with E-state index in [0.29, 0.717) is 16.7 Å². The molecule has 0 saturated carbocycles. The summed E-state index contributed by atoms with van der Waals surface area (Å²) < 4.78 is 19.3. The van der Waals surface area contributed by atoms with Gasteiger partial charge in [-0.15, -0.1) is 0 Å². The Morgan fingerprint density at radius 2 is 1.74 bits per heavy atom. The molecule has 2 heterocycles. The third-order valence-electron chi connectivity index (χ3n) is 5.03. The van der Waals surface area contributed by atoms with Crippen molar-refractivity contribution in [2.45, 2.75) is 65.3 Å². The van der Waals surface area contributed by atoms with Crippen LogP contribution in [0.5, 0.6) is 0 Å². The van der Waals surface area contributed by atoms with Crippen LogP contribution in [0.1, 0.15) is 54.0 Å². The van der Waals surface area contributed by atoms with Crippen LogP contribution in [-0.2, 0) is 14.0 Å². The highest BCUT2D eigenvalue weighted by atomic mass is 16.7. The van der Waals surface area contributed by atoms with Gasteiger partial charge in [-0.3, -0.25) is 4.57 Å². The first-order chi connectivity index (χ1) is 12.3. The number of benzene rings is 1. The van der Waals surface area contributed by atoms with Gasteiger partial charge in [0.2, 0.25) is 0 Å². The lowest BCUT2D eigenvalue weighted by Crippen LogP contribution is -2.43. The Kier molecular flexibility index (Phi) is 4.41. The summed E-state index contributed by atoms with van der Waals surface area (Å²) in [6, 6.07) is 9.16. The molecule has 0 radical (unpaired) electrons. The quantitative estimate of drug-likeness (QED) is 0.719. The number of fused-ring (bicyclic) bond motifs is 1. The topological polar surface area (TPSA) is 73.5 Å². The fraction of sp³-hybridized carbons (Fsp3) is 0.500. The summed E-state index contributed by atoms with van der Waals surface area (Å²) in [5.41, 5.74) is -0.129. The van der Waals surface area contributed by atoms with Crippen LogP contribution < -0.4 is 5.59 Å². The van der Waals surface area contributed by atoms with Gasteiger partial charge < -0.3 is 14.0 Å². The zero-order chi connectivity index (χ0) is 20.2. The van der Waals surface area contributed by atoms with Gasteiger partial charge >= 0.3 is 13.2 Å². The minimum absolute atomic E-state index is 0.464. The summed E-state index contributed by atoms with van der Waals surface area (Å²) in [6.45, 7) is 13.3. The summed E-state index contributed by atoms with van der Waals surface area (Å²) in [4.78, 5) is 13.0. The second kappa shape index (κ2) is 6.11. The molecule has 1 fully saturated rings. The van der Waals surface area contributed by atoms with E-state index in [1.54, 1.807) is 12.1 Å². The molecule has 0 amide bonds. The second-order valence-corrected chi connectivity index (χ2v) is 8.86. The van der Waals surface area contributed by atoms with Gasteiger partial charge in [0, 0.05) is 0 Å². The lowest BCUT2D eigenvalue weighted by atomic mass is 9.84. The minimum Gasteiger partial charge on any atom is -0.443 e. The van der Waals surface area contributed by atoms with Gasteiger partial charge in [0.15, 0.2) is 0 Å². The molecule has 7 heteroatoms. The molecule has 0 N–H and O–H groups in total. The van der Waals surface area contributed by atoms with Gasteiger partial charge in [0.05, 0.1) is 33.9 Å². The van der Waals surface area contributed by atoms with Crippen molar-refractivity contribution in [2.24, 2.45) is 0 Å². The predicted octanol–water partition coefficient (Wildman–Crippen LogP) is 3.60. The fourth-order valence-electron chi connectivity index (χ4n) is 2.94. The maximum absolute atomic E-state index is 13.0. The fourth-order valence-corrected chi connectivity index (χ4v) is 2.94. The molecule has 27 heavy (non-hydrogen) atoms. The molecule has 1 aliphatic rings. The van der Waals surface area contributed by atoms with Crippen LogP contribution in [0.25, 0.3) is 10.9 Å². The summed E-state index contributed by atoms with van der Waals surface area (Å²) in [5.74, 6) is 0. The first-order valence-electron chi connectivity index (χ1n) is 8.99. The molecule has 0 bridgehead atoms. The molecule has 0 aliphatic carbocycles. The third kappa shape index (κ3) is 3.47. The number of carbonyl (C=O) groups is 1. The highest BCUT2D eigenvalue weighted by Gasteiger charge is 2.53. The summed E-state index contributed by atoms with van der Waals surface area (Å²) >= 11 is 0. The van der Waals surface area contributed by atoms with Crippen LogP contribution in [0.2, 0.25) is 0 Å². The summed E-state index contributed by atoms with van der Waals surface area (Å²) in [5, 5.41) is 10.1. The van der Waals surface area contributed by atoms with Gasteiger partial charge in [-0.25, -0.2) is 4.79 Å². The molecular weight excluding hydrogens is 343 g/mol. The Hall–Kier alpha value is -2.30. The van der Waals surface area contributed by atoms with E-state index < -0.39 is 30.0 Å². The molecule has 6 nitrogen and oxygen atoms in total. The van der Waals surface area contributed by atoms with Crippen molar-refractivity contribution < 1.29 is 18.8 Å². The van der Waals surface area contributed by atoms with Crippen molar-refractivity contribution in [3.63, 3.8) is 0 Å². The minimum atomic E-state index is -0.722. The van der Waals surface area contributed by atoms with Crippen molar-refractivity contribution in [3.8, 4) is 6.07 Å². The second-order valence-electron chi connectivity index (χ2n) is 8.86. The number of hydrogen-bond acceptors (Lipinski definition) is 5. The highest BCUT2D eigenvalue weighted by Crippen LogP contribution is 2.37. The van der Waals surface area contributed by atoms with Crippen LogP contribution in [-0.4, -0.2) is 34.6 Å². The molecule has 1 saturated heterocycles. The maximum atomic E-state index is 13.0. The molecular formula is C20H25BN2O4. The standard InChI is InChI=1S/C20H25BN2O4/c1-18(2,3)25-17(24)23-15-10-13(12-22)8-9-14(15)11-16(23)21-26-19(4,5)20(6,7)27-21/h8-11H,1-7H3. The third-order valence-corrected chi connectivity index (χ3v) is 5.03. The average Bonchev–Trinajstić information content (AvgIpc) is 2.99. The maximum Gasteiger partial charge on any atom is 0.513 e. The van der Waals surface area contributed by atoms with Gasteiger partial charge in [0.25, 0.3) is 0 Å². The van der Waals surface area contributed by atoms with Gasteiger partial charge in [0.1, 0.15) is 5.60 Å².